The molecule has 0 saturated carbocycles. The van der Waals surface area contributed by atoms with Crippen molar-refractivity contribution >= 4 is 23.5 Å². The molecule has 1 fully saturated rings. The van der Waals surface area contributed by atoms with Gasteiger partial charge < -0.3 is 19.1 Å². The van der Waals surface area contributed by atoms with Gasteiger partial charge in [0.1, 0.15) is 17.9 Å². The number of halogens is 1. The molecule has 1 aromatic rings. The maximum Gasteiger partial charge on any atom is 0.325 e. The van der Waals surface area contributed by atoms with Crippen molar-refractivity contribution < 1.29 is 23.8 Å². The van der Waals surface area contributed by atoms with Gasteiger partial charge >= 0.3 is 5.97 Å². The first-order chi connectivity index (χ1) is 11.5. The highest BCUT2D eigenvalue weighted by Gasteiger charge is 2.42. The van der Waals surface area contributed by atoms with Crippen LogP contribution in [0.5, 0.6) is 5.75 Å². The summed E-state index contributed by atoms with van der Waals surface area (Å²) in [6, 6.07) is 4.98. The van der Waals surface area contributed by atoms with Gasteiger partial charge in [-0.1, -0.05) is 11.6 Å². The van der Waals surface area contributed by atoms with Crippen LogP contribution in [0.4, 0.5) is 0 Å². The Labute approximate surface area is 145 Å². The lowest BCUT2D eigenvalue weighted by Gasteiger charge is -2.38. The number of esters is 1. The number of carbonyl (C=O) groups is 2. The third kappa shape index (κ3) is 3.49. The summed E-state index contributed by atoms with van der Waals surface area (Å²) in [7, 11) is 0. The zero-order valence-electron chi connectivity index (χ0n) is 13.5. The number of ether oxygens (including phenoxy) is 3. The van der Waals surface area contributed by atoms with Crippen LogP contribution in [0.15, 0.2) is 18.2 Å². The Morgan fingerprint density at radius 2 is 2.12 bits per heavy atom. The second-order valence-electron chi connectivity index (χ2n) is 6.00. The van der Waals surface area contributed by atoms with E-state index in [1.165, 1.54) is 4.90 Å². The second-order valence-corrected chi connectivity index (χ2v) is 6.44. The molecule has 7 heteroatoms. The van der Waals surface area contributed by atoms with Gasteiger partial charge in [0.25, 0.3) is 5.91 Å². The fraction of sp³-hybridized carbons (Fsp3) is 0.529. The van der Waals surface area contributed by atoms with Gasteiger partial charge in [-0.2, -0.15) is 0 Å². The van der Waals surface area contributed by atoms with E-state index in [4.69, 9.17) is 25.8 Å². The molecular formula is C17H20ClNO5. The molecule has 2 heterocycles. The predicted molar refractivity (Wildman–Crippen MR) is 87.4 cm³/mol. The van der Waals surface area contributed by atoms with Gasteiger partial charge in [-0.25, -0.2) is 0 Å². The Morgan fingerprint density at radius 1 is 1.38 bits per heavy atom. The normalized spacial score (nSPS) is 19.4. The standard InChI is InChI=1S/C17H20ClNO5/c1-2-23-15(20)10-19-11-17(5-7-22-8-6-17)24-14-4-3-12(18)9-13(14)16(19)21/h3-4,9H,2,5-8,10-11H2,1H3. The Balaban J connectivity index is 1.95. The second kappa shape index (κ2) is 6.99. The molecule has 2 aliphatic heterocycles. The van der Waals surface area contributed by atoms with E-state index < -0.39 is 11.6 Å². The molecule has 130 valence electrons. The minimum Gasteiger partial charge on any atom is -0.484 e. The first-order valence-corrected chi connectivity index (χ1v) is 8.42. The first-order valence-electron chi connectivity index (χ1n) is 8.04. The number of carbonyl (C=O) groups excluding carboxylic acids is 2. The largest absolute Gasteiger partial charge is 0.484 e. The summed E-state index contributed by atoms with van der Waals surface area (Å²) < 4.78 is 16.7. The summed E-state index contributed by atoms with van der Waals surface area (Å²) >= 11 is 6.04. The maximum atomic E-state index is 12.9. The number of amides is 1. The van der Waals surface area contributed by atoms with Crippen molar-refractivity contribution in [3.63, 3.8) is 0 Å². The monoisotopic (exact) mass is 353 g/mol. The number of fused-ring (bicyclic) bond motifs is 1. The zero-order chi connectivity index (χ0) is 17.2. The van der Waals surface area contributed by atoms with Crippen molar-refractivity contribution in [2.24, 2.45) is 0 Å². The van der Waals surface area contributed by atoms with E-state index >= 15 is 0 Å². The van der Waals surface area contributed by atoms with Crippen LogP contribution in [0.1, 0.15) is 30.1 Å². The predicted octanol–water partition coefficient (Wildman–Crippen LogP) is 2.29. The van der Waals surface area contributed by atoms with Gasteiger partial charge in [0.05, 0.1) is 31.9 Å². The quantitative estimate of drug-likeness (QED) is 0.780. The molecule has 6 nitrogen and oxygen atoms in total. The molecule has 1 saturated heterocycles. The van der Waals surface area contributed by atoms with Crippen LogP contribution >= 0.6 is 11.6 Å². The topological polar surface area (TPSA) is 65.1 Å². The molecule has 0 unspecified atom stereocenters. The Kier molecular flexibility index (Phi) is 4.96. The van der Waals surface area contributed by atoms with E-state index in [0.29, 0.717) is 48.9 Å². The summed E-state index contributed by atoms with van der Waals surface area (Å²) in [6.45, 7) is 3.35. The van der Waals surface area contributed by atoms with Gasteiger partial charge in [-0.15, -0.1) is 0 Å². The number of rotatable bonds is 3. The van der Waals surface area contributed by atoms with Crippen molar-refractivity contribution in [3.8, 4) is 5.75 Å². The van der Waals surface area contributed by atoms with E-state index in [2.05, 4.69) is 0 Å². The minimum atomic E-state index is -0.556. The maximum absolute atomic E-state index is 12.9. The third-order valence-electron chi connectivity index (χ3n) is 4.29. The lowest BCUT2D eigenvalue weighted by Crippen LogP contribution is -2.51. The van der Waals surface area contributed by atoms with E-state index in [-0.39, 0.29) is 19.1 Å². The summed E-state index contributed by atoms with van der Waals surface area (Å²) in [5.41, 5.74) is -0.186. The van der Waals surface area contributed by atoms with Gasteiger partial charge in [-0.05, 0) is 25.1 Å². The van der Waals surface area contributed by atoms with Crippen molar-refractivity contribution in [2.75, 3.05) is 32.9 Å². The lowest BCUT2D eigenvalue weighted by molar-refractivity contribution is -0.144. The van der Waals surface area contributed by atoms with Crippen LogP contribution < -0.4 is 4.74 Å². The molecule has 0 aromatic heterocycles. The third-order valence-corrected chi connectivity index (χ3v) is 4.53. The average molecular weight is 354 g/mol. The Hall–Kier alpha value is -1.79. The smallest absolute Gasteiger partial charge is 0.325 e. The highest BCUT2D eigenvalue weighted by molar-refractivity contribution is 6.31. The van der Waals surface area contributed by atoms with Gasteiger partial charge in [0.2, 0.25) is 0 Å². The van der Waals surface area contributed by atoms with E-state index in [1.807, 2.05) is 0 Å². The molecular weight excluding hydrogens is 334 g/mol. The van der Waals surface area contributed by atoms with Crippen molar-refractivity contribution in [1.29, 1.82) is 0 Å². The molecule has 0 aliphatic carbocycles. The van der Waals surface area contributed by atoms with Crippen molar-refractivity contribution in [3.05, 3.63) is 28.8 Å². The Bertz CT molecular complexity index is 642. The molecule has 0 bridgehead atoms. The number of nitrogens with zero attached hydrogens (tertiary/aromatic N) is 1. The SMILES string of the molecule is CCOC(=O)CN1CC2(CCOCC2)Oc2ccc(Cl)cc2C1=O. The van der Waals surface area contributed by atoms with Crippen LogP contribution in [0, 0.1) is 0 Å². The summed E-state index contributed by atoms with van der Waals surface area (Å²) in [6.07, 6.45) is 1.31. The molecule has 24 heavy (non-hydrogen) atoms. The highest BCUT2D eigenvalue weighted by Crippen LogP contribution is 2.36. The van der Waals surface area contributed by atoms with Crippen LogP contribution in [0.2, 0.25) is 5.02 Å². The number of benzene rings is 1. The first kappa shape index (κ1) is 17.0. The number of hydrogen-bond donors (Lipinski definition) is 0. The molecule has 1 amide bonds. The van der Waals surface area contributed by atoms with Crippen LogP contribution in [0.3, 0.4) is 0 Å². The molecule has 3 rings (SSSR count). The van der Waals surface area contributed by atoms with Crippen LogP contribution in [-0.2, 0) is 14.3 Å². The van der Waals surface area contributed by atoms with Crippen molar-refractivity contribution in [1.82, 2.24) is 4.90 Å². The zero-order valence-corrected chi connectivity index (χ0v) is 14.3. The summed E-state index contributed by atoms with van der Waals surface area (Å²) in [5, 5.41) is 0.449. The molecule has 1 spiro atoms. The van der Waals surface area contributed by atoms with Gasteiger partial charge in [-0.3, -0.25) is 9.59 Å². The van der Waals surface area contributed by atoms with E-state index in [9.17, 15) is 9.59 Å². The molecule has 0 atom stereocenters. The molecule has 2 aliphatic rings. The fourth-order valence-electron chi connectivity index (χ4n) is 3.11. The van der Waals surface area contributed by atoms with Crippen molar-refractivity contribution in [2.45, 2.75) is 25.4 Å². The number of hydrogen-bond acceptors (Lipinski definition) is 5. The fourth-order valence-corrected chi connectivity index (χ4v) is 3.28. The van der Waals surface area contributed by atoms with Gasteiger partial charge in [0.15, 0.2) is 0 Å². The van der Waals surface area contributed by atoms with Crippen LogP contribution in [0.25, 0.3) is 0 Å². The summed E-state index contributed by atoms with van der Waals surface area (Å²) in [4.78, 5) is 26.3. The van der Waals surface area contributed by atoms with Gasteiger partial charge in [0, 0.05) is 17.9 Å². The molecule has 0 radical (unpaired) electrons. The summed E-state index contributed by atoms with van der Waals surface area (Å²) in [5.74, 6) is -0.208. The van der Waals surface area contributed by atoms with E-state index in [0.717, 1.165) is 0 Å². The highest BCUT2D eigenvalue weighted by atomic mass is 35.5. The minimum absolute atomic E-state index is 0.107. The van der Waals surface area contributed by atoms with Crippen LogP contribution in [-0.4, -0.2) is 55.3 Å². The molecule has 1 aromatic carbocycles. The molecule has 0 N–H and O–H groups in total. The van der Waals surface area contributed by atoms with E-state index in [1.54, 1.807) is 25.1 Å². The average Bonchev–Trinajstić information content (AvgIpc) is 2.65. The Morgan fingerprint density at radius 3 is 2.83 bits per heavy atom. The lowest BCUT2D eigenvalue weighted by atomic mass is 9.93.